The Morgan fingerprint density at radius 2 is 1.64 bits per heavy atom. The van der Waals surface area contributed by atoms with Gasteiger partial charge in [0.15, 0.2) is 0 Å². The maximum atomic E-state index is 11.7. The van der Waals surface area contributed by atoms with Gasteiger partial charge in [0.05, 0.1) is 17.0 Å². The van der Waals surface area contributed by atoms with Crippen molar-refractivity contribution in [3.05, 3.63) is 36.9 Å². The molecule has 0 amide bonds. The SMILES string of the molecule is C=CCS(=O)(=O)Nc1ccc(B2OC(C)(C)C(C)(C)O2)cc1. The van der Waals surface area contributed by atoms with Crippen LogP contribution in [0, 0.1) is 0 Å². The molecule has 0 aromatic heterocycles. The number of anilines is 1. The third-order valence-electron chi connectivity index (χ3n) is 4.05. The molecular weight excluding hydrogens is 301 g/mol. The second-order valence-electron chi connectivity index (χ2n) is 6.38. The fraction of sp³-hybridized carbons (Fsp3) is 0.467. The highest BCUT2D eigenvalue weighted by Gasteiger charge is 2.51. The Labute approximate surface area is 132 Å². The van der Waals surface area contributed by atoms with Crippen molar-refractivity contribution in [1.29, 1.82) is 0 Å². The molecule has 0 aliphatic carbocycles. The van der Waals surface area contributed by atoms with E-state index in [4.69, 9.17) is 9.31 Å². The van der Waals surface area contributed by atoms with Gasteiger partial charge >= 0.3 is 7.12 Å². The molecule has 1 fully saturated rings. The first-order valence-electron chi connectivity index (χ1n) is 7.13. The predicted octanol–water partition coefficient (Wildman–Crippen LogP) is 1.91. The highest BCUT2D eigenvalue weighted by Crippen LogP contribution is 2.36. The van der Waals surface area contributed by atoms with Gasteiger partial charge < -0.3 is 9.31 Å². The lowest BCUT2D eigenvalue weighted by Crippen LogP contribution is -2.41. The molecule has 1 aliphatic rings. The molecule has 7 heteroatoms. The average Bonchev–Trinajstić information content (AvgIpc) is 2.58. The summed E-state index contributed by atoms with van der Waals surface area (Å²) in [7, 11) is -3.84. The summed E-state index contributed by atoms with van der Waals surface area (Å²) < 4.78 is 37.8. The van der Waals surface area contributed by atoms with Crippen LogP contribution in [0.25, 0.3) is 0 Å². The predicted molar refractivity (Wildman–Crippen MR) is 89.8 cm³/mol. The first kappa shape index (κ1) is 17.1. The number of hydrogen-bond acceptors (Lipinski definition) is 4. The van der Waals surface area contributed by atoms with Crippen molar-refractivity contribution in [1.82, 2.24) is 0 Å². The standard InChI is InChI=1S/C15H22BNO4S/c1-6-11-22(18,19)17-13-9-7-12(8-10-13)16-20-14(2,3)15(4,5)21-16/h6-10,17H,1,11H2,2-5H3. The van der Waals surface area contributed by atoms with Crippen LogP contribution in [0.2, 0.25) is 0 Å². The van der Waals surface area contributed by atoms with Crippen molar-refractivity contribution in [2.24, 2.45) is 0 Å². The van der Waals surface area contributed by atoms with Crippen LogP contribution in [-0.2, 0) is 19.3 Å². The zero-order valence-corrected chi connectivity index (χ0v) is 14.2. The van der Waals surface area contributed by atoms with Gasteiger partial charge in [-0.25, -0.2) is 8.42 Å². The lowest BCUT2D eigenvalue weighted by molar-refractivity contribution is 0.00578. The minimum Gasteiger partial charge on any atom is -0.399 e. The minimum atomic E-state index is -3.38. The van der Waals surface area contributed by atoms with Crippen molar-refractivity contribution in [2.75, 3.05) is 10.5 Å². The van der Waals surface area contributed by atoms with Gasteiger partial charge in [0.1, 0.15) is 0 Å². The van der Waals surface area contributed by atoms with Crippen LogP contribution in [0.4, 0.5) is 5.69 Å². The van der Waals surface area contributed by atoms with Crippen molar-refractivity contribution in [2.45, 2.75) is 38.9 Å². The van der Waals surface area contributed by atoms with E-state index in [9.17, 15) is 8.42 Å². The zero-order chi connectivity index (χ0) is 16.6. The molecule has 1 aromatic carbocycles. The van der Waals surface area contributed by atoms with Crippen molar-refractivity contribution >= 4 is 28.3 Å². The largest absolute Gasteiger partial charge is 0.494 e. The van der Waals surface area contributed by atoms with Crippen LogP contribution in [0.5, 0.6) is 0 Å². The fourth-order valence-corrected chi connectivity index (χ4v) is 2.95. The Hall–Kier alpha value is -1.31. The monoisotopic (exact) mass is 323 g/mol. The Bertz CT molecular complexity index is 637. The molecule has 1 aromatic rings. The van der Waals surface area contributed by atoms with Gasteiger partial charge in [-0.1, -0.05) is 18.2 Å². The Kier molecular flexibility index (Phi) is 4.43. The molecule has 0 spiro atoms. The molecule has 5 nitrogen and oxygen atoms in total. The molecule has 1 N–H and O–H groups in total. The summed E-state index contributed by atoms with van der Waals surface area (Å²) in [5, 5.41) is 0. The lowest BCUT2D eigenvalue weighted by atomic mass is 9.79. The van der Waals surface area contributed by atoms with Crippen LogP contribution in [0.3, 0.4) is 0 Å². The molecule has 0 radical (unpaired) electrons. The average molecular weight is 323 g/mol. The number of sulfonamides is 1. The van der Waals surface area contributed by atoms with E-state index < -0.39 is 28.3 Å². The number of nitrogens with one attached hydrogen (secondary N) is 1. The number of rotatable bonds is 5. The van der Waals surface area contributed by atoms with Crippen molar-refractivity contribution in [3.63, 3.8) is 0 Å². The maximum absolute atomic E-state index is 11.7. The summed E-state index contributed by atoms with van der Waals surface area (Å²) >= 11 is 0. The van der Waals surface area contributed by atoms with Gasteiger partial charge in [-0.05, 0) is 45.3 Å². The van der Waals surface area contributed by atoms with Gasteiger partial charge in [0.2, 0.25) is 10.0 Å². The lowest BCUT2D eigenvalue weighted by Gasteiger charge is -2.32. The summed E-state index contributed by atoms with van der Waals surface area (Å²) in [6.07, 6.45) is 1.35. The van der Waals surface area contributed by atoms with E-state index in [-0.39, 0.29) is 5.75 Å². The van der Waals surface area contributed by atoms with E-state index in [0.717, 1.165) is 5.46 Å². The smallest absolute Gasteiger partial charge is 0.399 e. The molecule has 1 aliphatic heterocycles. The van der Waals surface area contributed by atoms with Crippen LogP contribution in [0.1, 0.15) is 27.7 Å². The number of hydrogen-bond donors (Lipinski definition) is 1. The van der Waals surface area contributed by atoms with Gasteiger partial charge in [0, 0.05) is 5.69 Å². The summed E-state index contributed by atoms with van der Waals surface area (Å²) in [6, 6.07) is 6.99. The van der Waals surface area contributed by atoms with E-state index in [0.29, 0.717) is 5.69 Å². The molecule has 2 rings (SSSR count). The van der Waals surface area contributed by atoms with Crippen LogP contribution >= 0.6 is 0 Å². The van der Waals surface area contributed by atoms with E-state index in [1.165, 1.54) is 6.08 Å². The van der Waals surface area contributed by atoms with E-state index in [1.54, 1.807) is 24.3 Å². The molecule has 22 heavy (non-hydrogen) atoms. The molecule has 1 heterocycles. The van der Waals surface area contributed by atoms with E-state index >= 15 is 0 Å². The van der Waals surface area contributed by atoms with Crippen molar-refractivity contribution < 1.29 is 17.7 Å². The molecule has 0 unspecified atom stereocenters. The zero-order valence-electron chi connectivity index (χ0n) is 13.4. The third-order valence-corrected chi connectivity index (χ3v) is 5.27. The second-order valence-corrected chi connectivity index (χ2v) is 8.15. The summed E-state index contributed by atoms with van der Waals surface area (Å²) in [4.78, 5) is 0. The van der Waals surface area contributed by atoms with Gasteiger partial charge in [-0.15, -0.1) is 6.58 Å². The van der Waals surface area contributed by atoms with Gasteiger partial charge in [-0.2, -0.15) is 0 Å². The van der Waals surface area contributed by atoms with Crippen LogP contribution in [0.15, 0.2) is 36.9 Å². The highest BCUT2D eigenvalue weighted by molar-refractivity contribution is 7.92. The highest BCUT2D eigenvalue weighted by atomic mass is 32.2. The fourth-order valence-electron chi connectivity index (χ4n) is 2.06. The Morgan fingerprint density at radius 3 is 2.09 bits per heavy atom. The summed E-state index contributed by atoms with van der Waals surface area (Å²) in [5.74, 6) is -0.119. The van der Waals surface area contributed by atoms with E-state index in [2.05, 4.69) is 11.3 Å². The number of benzene rings is 1. The quantitative estimate of drug-likeness (QED) is 0.664. The molecule has 0 atom stereocenters. The third kappa shape index (κ3) is 3.53. The molecule has 0 bridgehead atoms. The van der Waals surface area contributed by atoms with Crippen molar-refractivity contribution in [3.8, 4) is 0 Å². The molecule has 0 saturated carbocycles. The second kappa shape index (κ2) is 5.72. The summed E-state index contributed by atoms with van der Waals surface area (Å²) in [5.41, 5.74) is 0.552. The molecule has 1 saturated heterocycles. The minimum absolute atomic E-state index is 0.119. The molecule has 120 valence electrons. The first-order valence-corrected chi connectivity index (χ1v) is 8.78. The van der Waals surface area contributed by atoms with Crippen LogP contribution in [-0.4, -0.2) is 32.5 Å². The maximum Gasteiger partial charge on any atom is 0.494 e. The van der Waals surface area contributed by atoms with Crippen LogP contribution < -0.4 is 10.2 Å². The Balaban J connectivity index is 2.12. The van der Waals surface area contributed by atoms with E-state index in [1.807, 2.05) is 27.7 Å². The first-order chi connectivity index (χ1) is 10.1. The Morgan fingerprint density at radius 1 is 1.14 bits per heavy atom. The molecular formula is C15H22BNO4S. The van der Waals surface area contributed by atoms with Gasteiger partial charge in [-0.3, -0.25) is 4.72 Å². The topological polar surface area (TPSA) is 64.6 Å². The van der Waals surface area contributed by atoms with Gasteiger partial charge in [0.25, 0.3) is 0 Å². The normalized spacial score (nSPS) is 19.9. The summed E-state index contributed by atoms with van der Waals surface area (Å²) in [6.45, 7) is 11.4.